The summed E-state index contributed by atoms with van der Waals surface area (Å²) in [6, 6.07) is 2.22. The minimum Gasteiger partial charge on any atom is -0.347 e. The fourth-order valence-electron chi connectivity index (χ4n) is 4.76. The van der Waals surface area contributed by atoms with Crippen molar-refractivity contribution in [2.45, 2.75) is 18.9 Å². The molecule has 0 aliphatic carbocycles. The first kappa shape index (κ1) is 18.7. The van der Waals surface area contributed by atoms with Crippen LogP contribution in [0.2, 0.25) is 0 Å². The highest BCUT2D eigenvalue weighted by molar-refractivity contribution is 7.12. The number of aryl methyl sites for hydroxylation is 1. The zero-order valence-corrected chi connectivity index (χ0v) is 18.0. The molecule has 0 radical (unpaired) electrons. The van der Waals surface area contributed by atoms with Crippen molar-refractivity contribution in [2.75, 3.05) is 19.6 Å². The first-order chi connectivity index (χ1) is 15.1. The Hall–Kier alpha value is -3.04. The van der Waals surface area contributed by atoms with Gasteiger partial charge in [0.05, 0.1) is 17.3 Å². The average Bonchev–Trinajstić information content (AvgIpc) is 3.53. The summed E-state index contributed by atoms with van der Waals surface area (Å²) in [7, 11) is 1.89. The molecule has 4 aromatic heterocycles. The van der Waals surface area contributed by atoms with E-state index < -0.39 is 0 Å². The molecular formula is C22H23N7OS. The van der Waals surface area contributed by atoms with Gasteiger partial charge in [0.25, 0.3) is 5.91 Å². The van der Waals surface area contributed by atoms with Crippen LogP contribution in [0.15, 0.2) is 42.4 Å². The summed E-state index contributed by atoms with van der Waals surface area (Å²) in [4.78, 5) is 20.7. The van der Waals surface area contributed by atoms with Gasteiger partial charge in [0, 0.05) is 54.9 Å². The molecule has 3 aliphatic rings. The summed E-state index contributed by atoms with van der Waals surface area (Å²) >= 11 is 1.47. The van der Waals surface area contributed by atoms with Gasteiger partial charge in [-0.3, -0.25) is 9.48 Å². The first-order valence-corrected chi connectivity index (χ1v) is 11.5. The molecule has 7 rings (SSSR count). The van der Waals surface area contributed by atoms with Crippen LogP contribution in [0.25, 0.3) is 27.9 Å². The van der Waals surface area contributed by atoms with Gasteiger partial charge in [-0.25, -0.2) is 9.50 Å². The van der Waals surface area contributed by atoms with Crippen LogP contribution in [0.5, 0.6) is 0 Å². The van der Waals surface area contributed by atoms with Crippen LogP contribution < -0.4 is 5.32 Å². The van der Waals surface area contributed by atoms with Crippen LogP contribution >= 0.6 is 11.3 Å². The number of carbonyl (C=O) groups is 1. The second kappa shape index (κ2) is 7.28. The zero-order valence-electron chi connectivity index (χ0n) is 17.2. The zero-order chi connectivity index (χ0) is 20.9. The van der Waals surface area contributed by atoms with Gasteiger partial charge in [-0.2, -0.15) is 10.2 Å². The minimum atomic E-state index is 0.0262. The highest BCUT2D eigenvalue weighted by atomic mass is 32.1. The third-order valence-electron chi connectivity index (χ3n) is 6.50. The lowest BCUT2D eigenvalue weighted by Gasteiger charge is -2.44. The molecule has 158 valence electrons. The number of hydrogen-bond acceptors (Lipinski definition) is 6. The summed E-state index contributed by atoms with van der Waals surface area (Å²) in [6.07, 6.45) is 11.7. The van der Waals surface area contributed by atoms with E-state index in [1.807, 2.05) is 49.5 Å². The summed E-state index contributed by atoms with van der Waals surface area (Å²) in [5.41, 5.74) is 4.63. The van der Waals surface area contributed by atoms with Crippen molar-refractivity contribution in [3.8, 4) is 22.3 Å². The molecule has 9 heteroatoms. The quantitative estimate of drug-likeness (QED) is 0.535. The molecule has 3 aliphatic heterocycles. The summed E-state index contributed by atoms with van der Waals surface area (Å²) in [5.74, 6) is 0.643. The SMILES string of the molecule is Cn1cc(-c2cnc3c(-c4csc(C(=O)NC5CN6CCC5CC6)c4)cnn3c2)cn1. The van der Waals surface area contributed by atoms with E-state index in [0.29, 0.717) is 5.92 Å². The Kier molecular flexibility index (Phi) is 4.39. The Morgan fingerprint density at radius 1 is 1.10 bits per heavy atom. The van der Waals surface area contributed by atoms with Gasteiger partial charge >= 0.3 is 0 Å². The second-order valence-electron chi connectivity index (χ2n) is 8.49. The van der Waals surface area contributed by atoms with E-state index in [0.717, 1.165) is 39.3 Å². The average molecular weight is 434 g/mol. The number of aromatic nitrogens is 5. The summed E-state index contributed by atoms with van der Waals surface area (Å²) in [5, 5.41) is 14.0. The van der Waals surface area contributed by atoms with E-state index >= 15 is 0 Å². The van der Waals surface area contributed by atoms with Crippen LogP contribution in [0.1, 0.15) is 22.5 Å². The largest absolute Gasteiger partial charge is 0.347 e. The van der Waals surface area contributed by atoms with Crippen molar-refractivity contribution in [1.82, 2.24) is 34.6 Å². The van der Waals surface area contributed by atoms with Crippen molar-refractivity contribution in [1.29, 1.82) is 0 Å². The summed E-state index contributed by atoms with van der Waals surface area (Å²) in [6.45, 7) is 3.32. The van der Waals surface area contributed by atoms with E-state index in [2.05, 4.69) is 25.4 Å². The Labute approximate surface area is 183 Å². The van der Waals surface area contributed by atoms with Gasteiger partial charge in [0.2, 0.25) is 0 Å². The van der Waals surface area contributed by atoms with Crippen LogP contribution in [0.3, 0.4) is 0 Å². The van der Waals surface area contributed by atoms with E-state index in [-0.39, 0.29) is 11.9 Å². The van der Waals surface area contributed by atoms with Crippen LogP contribution in [0.4, 0.5) is 0 Å². The maximum atomic E-state index is 12.9. The lowest BCUT2D eigenvalue weighted by atomic mass is 9.84. The number of fused-ring (bicyclic) bond motifs is 4. The van der Waals surface area contributed by atoms with E-state index in [1.54, 1.807) is 9.20 Å². The number of amides is 1. The Morgan fingerprint density at radius 3 is 2.68 bits per heavy atom. The van der Waals surface area contributed by atoms with Crippen molar-refractivity contribution in [3.05, 3.63) is 47.3 Å². The van der Waals surface area contributed by atoms with Crippen molar-refractivity contribution >= 4 is 22.9 Å². The molecule has 7 heterocycles. The van der Waals surface area contributed by atoms with Gasteiger partial charge in [-0.1, -0.05) is 0 Å². The van der Waals surface area contributed by atoms with E-state index in [9.17, 15) is 4.79 Å². The molecule has 3 fully saturated rings. The molecule has 31 heavy (non-hydrogen) atoms. The maximum absolute atomic E-state index is 12.9. The Bertz CT molecular complexity index is 1260. The number of hydrogen-bond donors (Lipinski definition) is 1. The van der Waals surface area contributed by atoms with Crippen LogP contribution in [-0.2, 0) is 7.05 Å². The molecule has 0 saturated carbocycles. The third kappa shape index (κ3) is 3.34. The number of nitrogens with zero attached hydrogens (tertiary/aromatic N) is 6. The number of thiophene rings is 1. The smallest absolute Gasteiger partial charge is 0.261 e. The molecule has 4 aromatic rings. The number of nitrogens with one attached hydrogen (secondary N) is 1. The standard InChI is InChI=1S/C22H23N7OS/c1-27-10-17(8-24-27)16-7-23-21-18(9-25-29(21)11-16)15-6-20(31-13-15)22(30)26-19-12-28-4-2-14(19)3-5-28/h6-11,13-14,19H,2-5,12H2,1H3,(H,26,30). The predicted octanol–water partition coefficient (Wildman–Crippen LogP) is 2.68. The third-order valence-corrected chi connectivity index (χ3v) is 7.43. The van der Waals surface area contributed by atoms with Crippen LogP contribution in [-0.4, -0.2) is 60.9 Å². The molecule has 0 spiro atoms. The van der Waals surface area contributed by atoms with Gasteiger partial charge in [-0.15, -0.1) is 11.3 Å². The molecule has 8 nitrogen and oxygen atoms in total. The molecule has 2 bridgehead atoms. The predicted molar refractivity (Wildman–Crippen MR) is 119 cm³/mol. The lowest BCUT2D eigenvalue weighted by Crippen LogP contribution is -2.57. The second-order valence-corrected chi connectivity index (χ2v) is 9.40. The fourth-order valence-corrected chi connectivity index (χ4v) is 5.57. The Balaban J connectivity index is 1.23. The van der Waals surface area contributed by atoms with Crippen molar-refractivity contribution < 1.29 is 4.79 Å². The number of rotatable bonds is 4. The number of carbonyl (C=O) groups excluding carboxylic acids is 1. The Morgan fingerprint density at radius 2 is 1.94 bits per heavy atom. The topological polar surface area (TPSA) is 80.4 Å². The molecule has 3 saturated heterocycles. The van der Waals surface area contributed by atoms with E-state index in [4.69, 9.17) is 0 Å². The maximum Gasteiger partial charge on any atom is 0.261 e. The molecule has 1 atom stereocenters. The molecule has 1 unspecified atom stereocenters. The van der Waals surface area contributed by atoms with Crippen molar-refractivity contribution in [3.63, 3.8) is 0 Å². The first-order valence-electron chi connectivity index (χ1n) is 10.6. The molecular weight excluding hydrogens is 410 g/mol. The molecule has 0 aromatic carbocycles. The molecule has 1 N–H and O–H groups in total. The van der Waals surface area contributed by atoms with Crippen LogP contribution in [0, 0.1) is 5.92 Å². The van der Waals surface area contributed by atoms with Gasteiger partial charge < -0.3 is 10.2 Å². The van der Waals surface area contributed by atoms with E-state index in [1.165, 1.54) is 37.3 Å². The van der Waals surface area contributed by atoms with Gasteiger partial charge in [0.15, 0.2) is 5.65 Å². The summed E-state index contributed by atoms with van der Waals surface area (Å²) < 4.78 is 3.55. The highest BCUT2D eigenvalue weighted by Gasteiger charge is 2.35. The monoisotopic (exact) mass is 433 g/mol. The fraction of sp³-hybridized carbons (Fsp3) is 0.364. The number of piperidine rings is 3. The molecule has 1 amide bonds. The minimum absolute atomic E-state index is 0.0262. The van der Waals surface area contributed by atoms with Gasteiger partial charge in [-0.05, 0) is 48.9 Å². The normalized spacial score (nSPS) is 22.8. The van der Waals surface area contributed by atoms with Crippen molar-refractivity contribution in [2.24, 2.45) is 13.0 Å². The highest BCUT2D eigenvalue weighted by Crippen LogP contribution is 2.31. The van der Waals surface area contributed by atoms with Gasteiger partial charge in [0.1, 0.15) is 0 Å². The lowest BCUT2D eigenvalue weighted by molar-refractivity contribution is 0.0622.